The summed E-state index contributed by atoms with van der Waals surface area (Å²) in [6, 6.07) is 2.50. The van der Waals surface area contributed by atoms with Gasteiger partial charge in [0.2, 0.25) is 0 Å². The molecule has 0 saturated heterocycles. The number of pyridine rings is 1. The van der Waals surface area contributed by atoms with Crippen LogP contribution in [0.2, 0.25) is 0 Å². The van der Waals surface area contributed by atoms with E-state index < -0.39 is 22.7 Å². The molecule has 0 atom stereocenters. The van der Waals surface area contributed by atoms with Crippen LogP contribution in [0.25, 0.3) is 0 Å². The van der Waals surface area contributed by atoms with Crippen LogP contribution in [-0.2, 0) is 11.6 Å². The highest BCUT2D eigenvalue weighted by molar-refractivity contribution is 5.58. The average molecular weight is 257 g/mol. The normalized spacial score (nSPS) is 12.1. The molecule has 1 N–H and O–H groups in total. The van der Waals surface area contributed by atoms with Crippen LogP contribution < -0.4 is 5.32 Å². The van der Waals surface area contributed by atoms with Gasteiger partial charge in [0.15, 0.2) is 0 Å². The van der Waals surface area contributed by atoms with Crippen LogP contribution in [0.15, 0.2) is 6.07 Å². The van der Waals surface area contributed by atoms with Crippen molar-refractivity contribution in [2.24, 2.45) is 0 Å². The smallest absolute Gasteiger partial charge is 0.372 e. The minimum atomic E-state index is -4.57. The molecule has 6 heteroatoms. The van der Waals surface area contributed by atoms with Gasteiger partial charge in [-0.1, -0.05) is 20.8 Å². The molecule has 1 aromatic rings. The number of nitrogens with one attached hydrogen (secondary N) is 1. The van der Waals surface area contributed by atoms with E-state index in [1.165, 1.54) is 7.05 Å². The summed E-state index contributed by atoms with van der Waals surface area (Å²) in [4.78, 5) is 4.07. The second-order valence-electron chi connectivity index (χ2n) is 4.89. The summed E-state index contributed by atoms with van der Waals surface area (Å²) in [7, 11) is 1.44. The lowest BCUT2D eigenvalue weighted by molar-refractivity contribution is -0.137. The molecule has 18 heavy (non-hydrogen) atoms. The van der Waals surface area contributed by atoms with Gasteiger partial charge in [0.1, 0.15) is 17.5 Å². The highest BCUT2D eigenvalue weighted by Crippen LogP contribution is 2.36. The molecule has 0 bridgehead atoms. The van der Waals surface area contributed by atoms with Crippen molar-refractivity contribution in [3.05, 3.63) is 22.9 Å². The molecule has 0 radical (unpaired) electrons. The second-order valence-corrected chi connectivity index (χ2v) is 4.89. The molecule has 1 rings (SSSR count). The van der Waals surface area contributed by atoms with Crippen molar-refractivity contribution in [2.75, 3.05) is 12.4 Å². The molecule has 1 heterocycles. The van der Waals surface area contributed by atoms with Crippen molar-refractivity contribution in [3.63, 3.8) is 0 Å². The summed E-state index contributed by atoms with van der Waals surface area (Å²) in [6.07, 6.45) is -4.57. The molecule has 0 saturated carbocycles. The van der Waals surface area contributed by atoms with Gasteiger partial charge >= 0.3 is 6.18 Å². The molecule has 1 aromatic heterocycles. The Morgan fingerprint density at radius 1 is 1.28 bits per heavy atom. The van der Waals surface area contributed by atoms with Gasteiger partial charge < -0.3 is 5.32 Å². The van der Waals surface area contributed by atoms with Gasteiger partial charge in [-0.15, -0.1) is 0 Å². The molecular formula is C12H14F3N3. The summed E-state index contributed by atoms with van der Waals surface area (Å²) in [5.74, 6) is -0.0442. The number of hydrogen-bond acceptors (Lipinski definition) is 3. The summed E-state index contributed by atoms with van der Waals surface area (Å²) in [5, 5.41) is 11.4. The Kier molecular flexibility index (Phi) is 3.56. The predicted octanol–water partition coefficient (Wildman–Crippen LogP) is 3.31. The van der Waals surface area contributed by atoms with Crippen LogP contribution in [0, 0.1) is 11.3 Å². The van der Waals surface area contributed by atoms with E-state index in [-0.39, 0.29) is 11.5 Å². The standard InChI is InChI=1S/C12H14F3N3/c1-11(2,3)9-5-8(12(13,14)15)7(6-16)10(17-4)18-9/h5H,1-4H3,(H,17,18). The molecule has 0 aliphatic heterocycles. The fourth-order valence-corrected chi connectivity index (χ4v) is 1.45. The molecule has 3 nitrogen and oxygen atoms in total. The van der Waals surface area contributed by atoms with Crippen molar-refractivity contribution >= 4 is 5.82 Å². The van der Waals surface area contributed by atoms with Crippen LogP contribution in [0.1, 0.15) is 37.6 Å². The summed E-state index contributed by atoms with van der Waals surface area (Å²) < 4.78 is 38.7. The number of nitrogens with zero attached hydrogens (tertiary/aromatic N) is 2. The number of nitriles is 1. The molecule has 0 aliphatic carbocycles. The fourth-order valence-electron chi connectivity index (χ4n) is 1.45. The Labute approximate surface area is 104 Å². The third-order valence-corrected chi connectivity index (χ3v) is 2.44. The molecule has 0 amide bonds. The Bertz CT molecular complexity index is 493. The largest absolute Gasteiger partial charge is 0.417 e. The first kappa shape index (κ1) is 14.3. The van der Waals surface area contributed by atoms with Gasteiger partial charge in [0.25, 0.3) is 0 Å². The quantitative estimate of drug-likeness (QED) is 0.839. The van der Waals surface area contributed by atoms with Crippen molar-refractivity contribution in [3.8, 4) is 6.07 Å². The number of alkyl halides is 3. The third kappa shape index (κ3) is 2.73. The van der Waals surface area contributed by atoms with Crippen molar-refractivity contribution in [1.29, 1.82) is 5.26 Å². The highest BCUT2D eigenvalue weighted by atomic mass is 19.4. The lowest BCUT2D eigenvalue weighted by Gasteiger charge is -2.21. The lowest BCUT2D eigenvalue weighted by Crippen LogP contribution is -2.19. The number of anilines is 1. The van der Waals surface area contributed by atoms with E-state index in [1.807, 2.05) is 0 Å². The van der Waals surface area contributed by atoms with E-state index in [0.717, 1.165) is 6.07 Å². The van der Waals surface area contributed by atoms with Crippen LogP contribution in [-0.4, -0.2) is 12.0 Å². The first-order chi connectivity index (χ1) is 8.11. The van der Waals surface area contributed by atoms with Gasteiger partial charge in [0.05, 0.1) is 5.56 Å². The number of rotatable bonds is 1. The Morgan fingerprint density at radius 3 is 2.17 bits per heavy atom. The minimum absolute atomic E-state index is 0.0442. The van der Waals surface area contributed by atoms with E-state index in [1.54, 1.807) is 26.8 Å². The summed E-state index contributed by atoms with van der Waals surface area (Å²) in [6.45, 7) is 5.29. The molecular weight excluding hydrogens is 243 g/mol. The first-order valence-corrected chi connectivity index (χ1v) is 5.32. The highest BCUT2D eigenvalue weighted by Gasteiger charge is 2.36. The van der Waals surface area contributed by atoms with Gasteiger partial charge in [-0.2, -0.15) is 18.4 Å². The molecule has 0 aromatic carbocycles. The fraction of sp³-hybridized carbons (Fsp3) is 0.500. The maximum absolute atomic E-state index is 12.9. The predicted molar refractivity (Wildman–Crippen MR) is 62.2 cm³/mol. The van der Waals surface area contributed by atoms with E-state index in [9.17, 15) is 13.2 Å². The zero-order valence-electron chi connectivity index (χ0n) is 10.6. The summed E-state index contributed by atoms with van der Waals surface area (Å²) >= 11 is 0. The van der Waals surface area contributed by atoms with Gasteiger partial charge in [-0.3, -0.25) is 0 Å². The first-order valence-electron chi connectivity index (χ1n) is 5.32. The van der Waals surface area contributed by atoms with Crippen molar-refractivity contribution in [1.82, 2.24) is 4.98 Å². The Hall–Kier alpha value is -1.77. The maximum Gasteiger partial charge on any atom is 0.417 e. The Morgan fingerprint density at radius 2 is 1.83 bits per heavy atom. The summed E-state index contributed by atoms with van der Waals surface area (Å²) in [5.41, 5.74) is -1.66. The maximum atomic E-state index is 12.9. The molecule has 0 fully saturated rings. The topological polar surface area (TPSA) is 48.7 Å². The number of halogens is 3. The van der Waals surface area contributed by atoms with Crippen molar-refractivity contribution in [2.45, 2.75) is 32.4 Å². The lowest BCUT2D eigenvalue weighted by atomic mass is 9.90. The molecule has 0 unspecified atom stereocenters. The average Bonchev–Trinajstić information content (AvgIpc) is 2.24. The van der Waals surface area contributed by atoms with Crippen LogP contribution in [0.4, 0.5) is 19.0 Å². The van der Waals surface area contributed by atoms with Gasteiger partial charge in [0, 0.05) is 18.2 Å². The Balaban J connectivity index is 3.63. The zero-order chi connectivity index (χ0) is 14.1. The monoisotopic (exact) mass is 257 g/mol. The number of hydrogen-bond donors (Lipinski definition) is 1. The van der Waals surface area contributed by atoms with E-state index in [4.69, 9.17) is 5.26 Å². The van der Waals surface area contributed by atoms with E-state index in [0.29, 0.717) is 0 Å². The second kappa shape index (κ2) is 4.48. The van der Waals surface area contributed by atoms with Crippen LogP contribution in [0.5, 0.6) is 0 Å². The van der Waals surface area contributed by atoms with E-state index in [2.05, 4.69) is 10.3 Å². The third-order valence-electron chi connectivity index (χ3n) is 2.44. The van der Waals surface area contributed by atoms with E-state index >= 15 is 0 Å². The SMILES string of the molecule is CNc1nc(C(C)(C)C)cc(C(F)(F)F)c1C#N. The number of aromatic nitrogens is 1. The molecule has 0 aliphatic rings. The molecule has 98 valence electrons. The van der Waals surface area contributed by atoms with Crippen LogP contribution >= 0.6 is 0 Å². The zero-order valence-corrected chi connectivity index (χ0v) is 10.6. The van der Waals surface area contributed by atoms with Crippen molar-refractivity contribution < 1.29 is 13.2 Å². The molecule has 0 spiro atoms. The van der Waals surface area contributed by atoms with Gasteiger partial charge in [-0.25, -0.2) is 4.98 Å². The van der Waals surface area contributed by atoms with Gasteiger partial charge in [-0.05, 0) is 6.07 Å². The van der Waals surface area contributed by atoms with Crippen LogP contribution in [0.3, 0.4) is 0 Å². The minimum Gasteiger partial charge on any atom is -0.372 e.